The molecule has 2 heteroatoms. The van der Waals surface area contributed by atoms with Crippen molar-refractivity contribution < 1.29 is 0 Å². The van der Waals surface area contributed by atoms with E-state index in [0.717, 1.165) is 47.2 Å². The molecule has 2 aliphatic rings. The van der Waals surface area contributed by atoms with Crippen LogP contribution >= 0.6 is 0 Å². The second-order valence-electron chi connectivity index (χ2n) is 8.28. The molecule has 0 spiro atoms. The Kier molecular flexibility index (Phi) is 6.45. The van der Waals surface area contributed by atoms with Crippen LogP contribution in [-0.4, -0.2) is 0 Å². The van der Waals surface area contributed by atoms with E-state index in [-0.39, 0.29) is 0 Å². The van der Waals surface area contributed by atoms with Gasteiger partial charge < -0.3 is 11.5 Å². The molecule has 0 atom stereocenters. The first kappa shape index (κ1) is 18.4. The molecule has 0 heterocycles. The molecule has 0 bridgehead atoms. The topological polar surface area (TPSA) is 52.0 Å². The second kappa shape index (κ2) is 8.78. The third kappa shape index (κ3) is 4.59. The highest BCUT2D eigenvalue weighted by Gasteiger charge is 2.25. The largest absolute Gasteiger partial charge is 0.398 e. The Labute approximate surface area is 154 Å². The zero-order valence-electron chi connectivity index (χ0n) is 16.0. The number of hydrogen-bond donors (Lipinski definition) is 2. The lowest BCUT2D eigenvalue weighted by molar-refractivity contribution is 0.325. The van der Waals surface area contributed by atoms with Crippen LogP contribution in [0.25, 0.3) is 0 Å². The summed E-state index contributed by atoms with van der Waals surface area (Å²) in [6.07, 6.45) is 18.9. The van der Waals surface area contributed by atoms with Gasteiger partial charge in [0.2, 0.25) is 0 Å². The Hall–Kier alpha value is -1.44. The van der Waals surface area contributed by atoms with Crippen molar-refractivity contribution in [3.05, 3.63) is 34.9 Å². The number of benzene rings is 1. The summed E-state index contributed by atoms with van der Waals surface area (Å²) in [4.78, 5) is 0. The van der Waals surface area contributed by atoms with Crippen molar-refractivity contribution in [2.75, 3.05) is 11.5 Å². The van der Waals surface area contributed by atoms with Gasteiger partial charge in [0.25, 0.3) is 0 Å². The normalized spacial score (nSPS) is 19.7. The number of allylic oxidation sites excluding steroid dienone is 2. The summed E-state index contributed by atoms with van der Waals surface area (Å²) >= 11 is 0. The minimum Gasteiger partial charge on any atom is -0.398 e. The lowest BCUT2D eigenvalue weighted by Gasteiger charge is -2.32. The van der Waals surface area contributed by atoms with Crippen LogP contribution in [0.5, 0.6) is 0 Å². The summed E-state index contributed by atoms with van der Waals surface area (Å²) in [5.74, 6) is 1.70. The van der Waals surface area contributed by atoms with Crippen molar-refractivity contribution in [3.8, 4) is 0 Å². The van der Waals surface area contributed by atoms with E-state index in [1.807, 2.05) is 12.1 Å². The van der Waals surface area contributed by atoms with Gasteiger partial charge in [0.1, 0.15) is 0 Å². The Morgan fingerprint density at radius 1 is 0.920 bits per heavy atom. The van der Waals surface area contributed by atoms with Crippen LogP contribution < -0.4 is 11.5 Å². The summed E-state index contributed by atoms with van der Waals surface area (Å²) < 4.78 is 0. The Balaban J connectivity index is 1.73. The molecule has 0 unspecified atom stereocenters. The zero-order chi connectivity index (χ0) is 17.6. The highest BCUT2D eigenvalue weighted by Crippen LogP contribution is 2.40. The zero-order valence-corrected chi connectivity index (χ0v) is 16.0. The minimum atomic E-state index is 0.851. The SMILES string of the molecule is Cc1ccc(N)c(CCC=C(C2CCCCC2)C2CCCCC2)c1N. The first-order valence-corrected chi connectivity index (χ1v) is 10.5. The highest BCUT2D eigenvalue weighted by atomic mass is 14.6. The molecule has 25 heavy (non-hydrogen) atoms. The summed E-state index contributed by atoms with van der Waals surface area (Å²) in [5, 5.41) is 0. The average Bonchev–Trinajstić information content (AvgIpc) is 2.66. The Bertz CT molecular complexity index is 570. The summed E-state index contributed by atoms with van der Waals surface area (Å²) in [6, 6.07) is 4.04. The molecular weight excluding hydrogens is 304 g/mol. The molecule has 2 aliphatic carbocycles. The first-order chi connectivity index (χ1) is 12.2. The molecule has 1 aromatic rings. The predicted molar refractivity (Wildman–Crippen MR) is 110 cm³/mol. The molecule has 1 aromatic carbocycles. The van der Waals surface area contributed by atoms with Gasteiger partial charge >= 0.3 is 0 Å². The number of nitrogen functional groups attached to an aromatic ring is 2. The third-order valence-electron chi connectivity index (χ3n) is 6.54. The van der Waals surface area contributed by atoms with Gasteiger partial charge in [-0.1, -0.05) is 56.2 Å². The molecule has 0 saturated heterocycles. The quantitative estimate of drug-likeness (QED) is 0.497. The van der Waals surface area contributed by atoms with Gasteiger partial charge in [-0.3, -0.25) is 0 Å². The van der Waals surface area contributed by atoms with Gasteiger partial charge in [-0.2, -0.15) is 0 Å². The van der Waals surface area contributed by atoms with E-state index in [1.54, 1.807) is 5.57 Å². The summed E-state index contributed by atoms with van der Waals surface area (Å²) in [5.41, 5.74) is 18.3. The summed E-state index contributed by atoms with van der Waals surface area (Å²) in [7, 11) is 0. The van der Waals surface area contributed by atoms with E-state index in [4.69, 9.17) is 11.5 Å². The van der Waals surface area contributed by atoms with Crippen LogP contribution in [0.3, 0.4) is 0 Å². The highest BCUT2D eigenvalue weighted by molar-refractivity contribution is 5.65. The minimum absolute atomic E-state index is 0.851. The molecule has 2 fully saturated rings. The fraction of sp³-hybridized carbons (Fsp3) is 0.652. The van der Waals surface area contributed by atoms with E-state index in [0.29, 0.717) is 0 Å². The number of aryl methyl sites for hydroxylation is 1. The van der Waals surface area contributed by atoms with Gasteiger partial charge in [0.15, 0.2) is 0 Å². The van der Waals surface area contributed by atoms with Crippen molar-refractivity contribution in [3.63, 3.8) is 0 Å². The Morgan fingerprint density at radius 3 is 2.04 bits per heavy atom. The van der Waals surface area contributed by atoms with Crippen molar-refractivity contribution in [1.82, 2.24) is 0 Å². The molecule has 3 rings (SSSR count). The van der Waals surface area contributed by atoms with Crippen LogP contribution in [0.1, 0.15) is 81.8 Å². The monoisotopic (exact) mass is 340 g/mol. The molecule has 0 aromatic heterocycles. The van der Waals surface area contributed by atoms with Crippen LogP contribution in [0, 0.1) is 18.8 Å². The van der Waals surface area contributed by atoms with Crippen molar-refractivity contribution in [1.29, 1.82) is 0 Å². The molecule has 0 aliphatic heterocycles. The lowest BCUT2D eigenvalue weighted by atomic mass is 9.73. The third-order valence-corrected chi connectivity index (χ3v) is 6.54. The fourth-order valence-corrected chi connectivity index (χ4v) is 5.00. The van der Waals surface area contributed by atoms with Crippen LogP contribution in [0.2, 0.25) is 0 Å². The van der Waals surface area contributed by atoms with Gasteiger partial charge in [0.05, 0.1) is 0 Å². The first-order valence-electron chi connectivity index (χ1n) is 10.5. The molecule has 2 nitrogen and oxygen atoms in total. The molecule has 138 valence electrons. The number of rotatable bonds is 5. The number of nitrogens with two attached hydrogens (primary N) is 2. The molecule has 0 amide bonds. The van der Waals surface area contributed by atoms with Gasteiger partial charge in [-0.15, -0.1) is 0 Å². The van der Waals surface area contributed by atoms with E-state index in [1.165, 1.54) is 64.2 Å². The molecular formula is C23H36N2. The fourth-order valence-electron chi connectivity index (χ4n) is 5.00. The van der Waals surface area contributed by atoms with E-state index < -0.39 is 0 Å². The smallest absolute Gasteiger partial charge is 0.0397 e. The predicted octanol–water partition coefficient (Wildman–Crippen LogP) is 6.18. The summed E-state index contributed by atoms with van der Waals surface area (Å²) in [6.45, 7) is 2.07. The van der Waals surface area contributed by atoms with Crippen molar-refractivity contribution in [2.24, 2.45) is 11.8 Å². The van der Waals surface area contributed by atoms with Crippen molar-refractivity contribution in [2.45, 2.75) is 84.0 Å². The Morgan fingerprint density at radius 2 is 1.48 bits per heavy atom. The van der Waals surface area contributed by atoms with Crippen LogP contribution in [0.4, 0.5) is 11.4 Å². The standard InChI is InChI=1S/C23H36N2/c1-17-15-16-22(24)21(23(17)25)14-8-13-20(18-9-4-2-5-10-18)19-11-6-3-7-12-19/h13,15-16,18-19H,2-12,14,24-25H2,1H3. The maximum Gasteiger partial charge on any atom is 0.0397 e. The van der Waals surface area contributed by atoms with E-state index in [2.05, 4.69) is 13.0 Å². The van der Waals surface area contributed by atoms with Gasteiger partial charge in [0, 0.05) is 11.4 Å². The number of anilines is 2. The lowest BCUT2D eigenvalue weighted by Crippen LogP contribution is -2.19. The molecule has 2 saturated carbocycles. The maximum absolute atomic E-state index is 6.29. The van der Waals surface area contributed by atoms with Crippen molar-refractivity contribution >= 4 is 11.4 Å². The van der Waals surface area contributed by atoms with Gasteiger partial charge in [-0.05, 0) is 74.5 Å². The average molecular weight is 341 g/mol. The van der Waals surface area contributed by atoms with E-state index >= 15 is 0 Å². The maximum atomic E-state index is 6.29. The number of hydrogen-bond acceptors (Lipinski definition) is 2. The molecule has 4 N–H and O–H groups in total. The van der Waals surface area contributed by atoms with Gasteiger partial charge in [-0.25, -0.2) is 0 Å². The second-order valence-corrected chi connectivity index (χ2v) is 8.28. The van der Waals surface area contributed by atoms with E-state index in [9.17, 15) is 0 Å². The van der Waals surface area contributed by atoms with Crippen LogP contribution in [-0.2, 0) is 6.42 Å². The van der Waals surface area contributed by atoms with Crippen LogP contribution in [0.15, 0.2) is 23.8 Å². The molecule has 0 radical (unpaired) electrons.